The molecule has 0 fully saturated rings. The molecule has 140 valence electrons. The van der Waals surface area contributed by atoms with Crippen LogP contribution in [0.5, 0.6) is 0 Å². The molecule has 0 unspecified atom stereocenters. The highest BCUT2D eigenvalue weighted by molar-refractivity contribution is 7.98. The fourth-order valence-electron chi connectivity index (χ4n) is 2.53. The van der Waals surface area contributed by atoms with Crippen molar-refractivity contribution < 1.29 is 4.79 Å². The van der Waals surface area contributed by atoms with E-state index in [-0.39, 0.29) is 11.9 Å². The van der Waals surface area contributed by atoms with Crippen LogP contribution in [0.15, 0.2) is 53.7 Å². The summed E-state index contributed by atoms with van der Waals surface area (Å²) in [6.45, 7) is 1.88. The molecule has 0 saturated heterocycles. The van der Waals surface area contributed by atoms with Crippen molar-refractivity contribution >= 4 is 40.9 Å². The van der Waals surface area contributed by atoms with Crippen LogP contribution in [-0.4, -0.2) is 20.7 Å². The minimum Gasteiger partial charge on any atom is -0.342 e. The summed E-state index contributed by atoms with van der Waals surface area (Å²) in [6.07, 6.45) is 0. The predicted molar refractivity (Wildman–Crippen MR) is 109 cm³/mol. The van der Waals surface area contributed by atoms with Gasteiger partial charge in [0.25, 0.3) is 5.91 Å². The molecule has 0 saturated carbocycles. The van der Waals surface area contributed by atoms with E-state index >= 15 is 0 Å². The lowest BCUT2D eigenvalue weighted by Crippen LogP contribution is -2.28. The van der Waals surface area contributed by atoms with Crippen LogP contribution in [0.1, 0.15) is 34.7 Å². The average molecular weight is 421 g/mol. The van der Waals surface area contributed by atoms with Gasteiger partial charge in [-0.15, -0.1) is 10.2 Å². The summed E-state index contributed by atoms with van der Waals surface area (Å²) in [6, 6.07) is 14.2. The normalized spacial score (nSPS) is 12.0. The number of benzene rings is 2. The minimum absolute atomic E-state index is 0.188. The number of hydrogen-bond donors (Lipinski definition) is 1. The molecular weight excluding hydrogens is 403 g/mol. The Bertz CT molecular complexity index is 943. The molecule has 0 aliphatic rings. The number of nitrogens with one attached hydrogen (secondary N) is 1. The number of amides is 1. The monoisotopic (exact) mass is 420 g/mol. The summed E-state index contributed by atoms with van der Waals surface area (Å²) < 4.78 is 1.88. The maximum absolute atomic E-state index is 12.4. The first-order valence-corrected chi connectivity index (χ1v) is 10.0. The quantitative estimate of drug-likeness (QED) is 0.575. The number of aromatic nitrogens is 3. The van der Waals surface area contributed by atoms with Crippen molar-refractivity contribution in [2.75, 3.05) is 0 Å². The van der Waals surface area contributed by atoms with Crippen molar-refractivity contribution in [2.45, 2.75) is 23.9 Å². The molecule has 3 rings (SSSR count). The van der Waals surface area contributed by atoms with Gasteiger partial charge in [-0.3, -0.25) is 4.79 Å². The van der Waals surface area contributed by atoms with Crippen LogP contribution in [0.2, 0.25) is 10.0 Å². The third-order valence-electron chi connectivity index (χ3n) is 4.02. The maximum Gasteiger partial charge on any atom is 0.251 e. The standard InChI is InChI=1S/C19H18Cl2N4OS/c1-12(22-18(26)13-7-9-15(20)10-8-13)17-23-24-19(25(17)2)27-11-14-5-3-4-6-16(14)21/h3-10,12H,11H2,1-2H3,(H,22,26)/t12-/m0/s1. The Morgan fingerprint density at radius 1 is 1.15 bits per heavy atom. The SMILES string of the molecule is C[C@H](NC(=O)c1ccc(Cl)cc1)c1nnc(SCc2ccccc2Cl)n1C. The van der Waals surface area contributed by atoms with E-state index < -0.39 is 0 Å². The van der Waals surface area contributed by atoms with Crippen molar-refractivity contribution in [1.29, 1.82) is 0 Å². The van der Waals surface area contributed by atoms with Crippen molar-refractivity contribution in [1.82, 2.24) is 20.1 Å². The van der Waals surface area contributed by atoms with E-state index in [1.165, 1.54) is 0 Å². The van der Waals surface area contributed by atoms with Crippen LogP contribution < -0.4 is 5.32 Å². The molecule has 0 aliphatic carbocycles. The molecule has 1 N–H and O–H groups in total. The Balaban J connectivity index is 1.66. The Labute approximate surface area is 172 Å². The number of nitrogens with zero attached hydrogens (tertiary/aromatic N) is 3. The molecule has 1 heterocycles. The second kappa shape index (κ2) is 8.78. The summed E-state index contributed by atoms with van der Waals surface area (Å²) in [5.74, 6) is 1.18. The number of rotatable bonds is 6. The molecule has 3 aromatic rings. The Kier molecular flexibility index (Phi) is 6.42. The lowest BCUT2D eigenvalue weighted by atomic mass is 10.2. The van der Waals surface area contributed by atoms with Gasteiger partial charge in [0.15, 0.2) is 11.0 Å². The van der Waals surface area contributed by atoms with Crippen molar-refractivity contribution in [3.63, 3.8) is 0 Å². The Morgan fingerprint density at radius 3 is 2.56 bits per heavy atom. The van der Waals surface area contributed by atoms with Gasteiger partial charge in [0, 0.05) is 28.4 Å². The van der Waals surface area contributed by atoms with Crippen molar-refractivity contribution in [3.05, 3.63) is 75.5 Å². The lowest BCUT2D eigenvalue weighted by Gasteiger charge is -2.13. The molecular formula is C19H18Cl2N4OS. The highest BCUT2D eigenvalue weighted by atomic mass is 35.5. The van der Waals surface area contributed by atoms with Gasteiger partial charge in [0.2, 0.25) is 0 Å². The number of carbonyl (C=O) groups excluding carboxylic acids is 1. The van der Waals surface area contributed by atoms with Gasteiger partial charge >= 0.3 is 0 Å². The van der Waals surface area contributed by atoms with Crippen molar-refractivity contribution in [2.24, 2.45) is 7.05 Å². The van der Waals surface area contributed by atoms with E-state index in [1.807, 2.05) is 42.8 Å². The van der Waals surface area contributed by atoms with Crippen LogP contribution >= 0.6 is 35.0 Å². The summed E-state index contributed by atoms with van der Waals surface area (Å²) in [7, 11) is 1.88. The van der Waals surface area contributed by atoms with Crippen LogP contribution in [0.4, 0.5) is 0 Å². The fraction of sp³-hybridized carbons (Fsp3) is 0.211. The van der Waals surface area contributed by atoms with Gasteiger partial charge in [0.05, 0.1) is 6.04 Å². The Morgan fingerprint density at radius 2 is 1.85 bits per heavy atom. The predicted octanol–water partition coefficient (Wildman–Crippen LogP) is 4.91. The van der Waals surface area contributed by atoms with Gasteiger partial charge in [-0.2, -0.15) is 0 Å². The van der Waals surface area contributed by atoms with Crippen LogP contribution in [0.25, 0.3) is 0 Å². The highest BCUT2D eigenvalue weighted by Gasteiger charge is 2.18. The smallest absolute Gasteiger partial charge is 0.251 e. The van der Waals surface area contributed by atoms with E-state index in [2.05, 4.69) is 15.5 Å². The molecule has 0 bridgehead atoms. The minimum atomic E-state index is -0.291. The van der Waals surface area contributed by atoms with Crippen LogP contribution in [0, 0.1) is 0 Å². The fourth-order valence-corrected chi connectivity index (χ4v) is 3.86. The topological polar surface area (TPSA) is 59.8 Å². The molecule has 1 aromatic heterocycles. The van der Waals surface area contributed by atoms with Crippen LogP contribution in [0.3, 0.4) is 0 Å². The third-order valence-corrected chi connectivity index (χ3v) is 5.71. The zero-order chi connectivity index (χ0) is 19.4. The van der Waals surface area contributed by atoms with E-state index in [9.17, 15) is 4.79 Å². The average Bonchev–Trinajstić information content (AvgIpc) is 3.02. The molecule has 1 amide bonds. The summed E-state index contributed by atoms with van der Waals surface area (Å²) in [5.41, 5.74) is 1.58. The zero-order valence-electron chi connectivity index (χ0n) is 14.8. The molecule has 27 heavy (non-hydrogen) atoms. The van der Waals surface area contributed by atoms with Crippen molar-refractivity contribution in [3.8, 4) is 0 Å². The summed E-state index contributed by atoms with van der Waals surface area (Å²) >= 11 is 13.6. The van der Waals surface area contributed by atoms with E-state index in [1.54, 1.807) is 36.0 Å². The lowest BCUT2D eigenvalue weighted by molar-refractivity contribution is 0.0937. The number of hydrogen-bond acceptors (Lipinski definition) is 4. The van der Waals surface area contributed by atoms with Gasteiger partial charge in [-0.05, 0) is 42.8 Å². The second-order valence-corrected chi connectivity index (χ2v) is 7.77. The molecule has 0 spiro atoms. The first-order valence-electron chi connectivity index (χ1n) is 8.27. The summed E-state index contributed by atoms with van der Waals surface area (Å²) in [5, 5.41) is 13.5. The third kappa shape index (κ3) is 4.83. The summed E-state index contributed by atoms with van der Waals surface area (Å²) in [4.78, 5) is 12.4. The first-order chi connectivity index (χ1) is 13.0. The van der Waals surface area contributed by atoms with Crippen LogP contribution in [-0.2, 0) is 12.8 Å². The van der Waals surface area contributed by atoms with Gasteiger partial charge in [-0.1, -0.05) is 53.2 Å². The number of carbonyl (C=O) groups is 1. The van der Waals surface area contributed by atoms with Gasteiger partial charge < -0.3 is 9.88 Å². The second-order valence-electron chi connectivity index (χ2n) is 5.98. The van der Waals surface area contributed by atoms with E-state index in [4.69, 9.17) is 23.2 Å². The first kappa shape index (κ1) is 19.7. The Hall–Kier alpha value is -2.02. The molecule has 5 nitrogen and oxygen atoms in total. The maximum atomic E-state index is 12.4. The van der Waals surface area contributed by atoms with E-state index in [0.29, 0.717) is 22.2 Å². The van der Waals surface area contributed by atoms with Gasteiger partial charge in [0.1, 0.15) is 0 Å². The molecule has 0 radical (unpaired) electrons. The molecule has 1 atom stereocenters. The largest absolute Gasteiger partial charge is 0.342 e. The molecule has 0 aliphatic heterocycles. The van der Waals surface area contributed by atoms with E-state index in [0.717, 1.165) is 15.7 Å². The zero-order valence-corrected chi connectivity index (χ0v) is 17.1. The number of halogens is 2. The molecule has 8 heteroatoms. The van der Waals surface area contributed by atoms with Gasteiger partial charge in [-0.25, -0.2) is 0 Å². The molecule has 2 aromatic carbocycles. The highest BCUT2D eigenvalue weighted by Crippen LogP contribution is 2.26. The number of thioether (sulfide) groups is 1.